The van der Waals surface area contributed by atoms with Crippen molar-refractivity contribution in [2.45, 2.75) is 17.2 Å². The second-order valence-electron chi connectivity index (χ2n) is 6.57. The summed E-state index contributed by atoms with van der Waals surface area (Å²) in [6.45, 7) is 0. The monoisotopic (exact) mass is 390 g/mol. The van der Waals surface area contributed by atoms with E-state index < -0.39 is 0 Å². The first-order valence-corrected chi connectivity index (χ1v) is 10.1. The van der Waals surface area contributed by atoms with Gasteiger partial charge in [0.25, 0.3) is 0 Å². The Hall–Kier alpha value is -3.05. The number of ether oxygens (including phenoxy) is 1. The minimum Gasteiger partial charge on any atom is -0.507 e. The van der Waals surface area contributed by atoms with E-state index in [2.05, 4.69) is 0 Å². The number of carbonyl (C=O) groups is 2. The molecule has 0 radical (unpaired) electrons. The van der Waals surface area contributed by atoms with Crippen LogP contribution in [0.4, 0.5) is 0 Å². The van der Waals surface area contributed by atoms with Gasteiger partial charge in [-0.05, 0) is 36.1 Å². The molecule has 0 amide bonds. The average molecular weight is 390 g/mol. The number of ketones is 1. The number of benzene rings is 3. The van der Waals surface area contributed by atoms with Crippen molar-refractivity contribution in [1.29, 1.82) is 0 Å². The summed E-state index contributed by atoms with van der Waals surface area (Å²) in [5.74, 6) is -0.812. The first-order chi connectivity index (χ1) is 13.6. The van der Waals surface area contributed by atoms with Gasteiger partial charge in [-0.3, -0.25) is 9.59 Å². The molecule has 3 aromatic carbocycles. The summed E-state index contributed by atoms with van der Waals surface area (Å²) < 4.78 is 5.34. The van der Waals surface area contributed by atoms with Crippen molar-refractivity contribution in [3.63, 3.8) is 0 Å². The second-order valence-corrected chi connectivity index (χ2v) is 7.45. The number of esters is 1. The maximum atomic E-state index is 12.9. The van der Waals surface area contributed by atoms with Gasteiger partial charge in [-0.1, -0.05) is 42.5 Å². The summed E-state index contributed by atoms with van der Waals surface area (Å²) in [7, 11) is 0. The van der Waals surface area contributed by atoms with Crippen LogP contribution in [0.5, 0.6) is 11.5 Å². The van der Waals surface area contributed by atoms with Gasteiger partial charge in [0, 0.05) is 21.9 Å². The molecule has 28 heavy (non-hydrogen) atoms. The van der Waals surface area contributed by atoms with Crippen molar-refractivity contribution in [2.75, 3.05) is 6.26 Å². The quantitative estimate of drug-likeness (QED) is 0.300. The number of phenolic OH excluding ortho intramolecular Hbond substituents is 1. The molecular weight excluding hydrogens is 372 g/mol. The molecule has 0 saturated heterocycles. The van der Waals surface area contributed by atoms with Crippen LogP contribution in [-0.2, 0) is 4.79 Å². The Morgan fingerprint density at radius 1 is 1.04 bits per heavy atom. The van der Waals surface area contributed by atoms with Crippen LogP contribution in [0.3, 0.4) is 0 Å². The Morgan fingerprint density at radius 2 is 1.75 bits per heavy atom. The van der Waals surface area contributed by atoms with Crippen molar-refractivity contribution < 1.29 is 19.4 Å². The van der Waals surface area contributed by atoms with Gasteiger partial charge in [0.05, 0.1) is 12.0 Å². The molecule has 0 spiro atoms. The molecule has 5 heteroatoms. The van der Waals surface area contributed by atoms with Crippen LogP contribution >= 0.6 is 11.8 Å². The van der Waals surface area contributed by atoms with Crippen molar-refractivity contribution in [2.24, 2.45) is 0 Å². The third kappa shape index (κ3) is 3.29. The first-order valence-electron chi connectivity index (χ1n) is 8.88. The van der Waals surface area contributed by atoms with E-state index in [1.165, 1.54) is 6.07 Å². The van der Waals surface area contributed by atoms with E-state index in [0.717, 1.165) is 10.5 Å². The summed E-state index contributed by atoms with van der Waals surface area (Å²) in [5.41, 5.74) is 2.08. The van der Waals surface area contributed by atoms with Gasteiger partial charge in [0.1, 0.15) is 11.5 Å². The lowest BCUT2D eigenvalue weighted by Crippen LogP contribution is -2.21. The summed E-state index contributed by atoms with van der Waals surface area (Å²) in [5, 5.41) is 11.0. The molecule has 0 aromatic heterocycles. The van der Waals surface area contributed by atoms with Crippen molar-refractivity contribution in [3.8, 4) is 11.5 Å². The standard InChI is InChI=1S/C23H18O4S/c1-28-16-9-7-14(8-10-16)18-13-20(24)27-19-12-11-17(23(26)21(18)19)22(25)15-5-3-2-4-6-15/h2-12,18,26H,13H2,1H3/t18-/m1/s1. The fraction of sp³-hybridized carbons (Fsp3) is 0.130. The lowest BCUT2D eigenvalue weighted by molar-refractivity contribution is -0.135. The molecule has 1 aliphatic rings. The third-order valence-corrected chi connectivity index (χ3v) is 5.66. The van der Waals surface area contributed by atoms with Crippen molar-refractivity contribution in [1.82, 2.24) is 0 Å². The van der Waals surface area contributed by atoms with Gasteiger partial charge in [-0.25, -0.2) is 0 Å². The van der Waals surface area contributed by atoms with E-state index in [4.69, 9.17) is 4.74 Å². The van der Waals surface area contributed by atoms with Crippen LogP contribution in [0.1, 0.15) is 39.4 Å². The lowest BCUT2D eigenvalue weighted by Gasteiger charge is -2.26. The van der Waals surface area contributed by atoms with Gasteiger partial charge in [0.2, 0.25) is 0 Å². The number of fused-ring (bicyclic) bond motifs is 1. The molecule has 0 fully saturated rings. The number of aromatic hydroxyl groups is 1. The zero-order valence-corrected chi connectivity index (χ0v) is 16.0. The summed E-state index contributed by atoms with van der Waals surface area (Å²) in [6.07, 6.45) is 2.11. The zero-order valence-electron chi connectivity index (χ0n) is 15.2. The second kappa shape index (κ2) is 7.52. The van der Waals surface area contributed by atoms with E-state index in [1.54, 1.807) is 42.1 Å². The number of hydrogen-bond acceptors (Lipinski definition) is 5. The Kier molecular flexibility index (Phi) is 4.92. The molecule has 0 bridgehead atoms. The van der Waals surface area contributed by atoms with Crippen LogP contribution in [0, 0.1) is 0 Å². The molecule has 0 aliphatic carbocycles. The number of phenols is 1. The van der Waals surface area contributed by atoms with E-state index in [0.29, 0.717) is 16.9 Å². The van der Waals surface area contributed by atoms with Gasteiger partial charge in [0.15, 0.2) is 5.78 Å². The Labute approximate surface area is 167 Å². The number of carbonyl (C=O) groups excluding carboxylic acids is 2. The van der Waals surface area contributed by atoms with Crippen LogP contribution < -0.4 is 4.74 Å². The van der Waals surface area contributed by atoms with Crippen molar-refractivity contribution in [3.05, 3.63) is 89.0 Å². The predicted octanol–water partition coefficient (Wildman–Crippen LogP) is 4.79. The highest BCUT2D eigenvalue weighted by atomic mass is 32.2. The lowest BCUT2D eigenvalue weighted by atomic mass is 9.84. The molecular formula is C23H18O4S. The zero-order chi connectivity index (χ0) is 19.7. The van der Waals surface area contributed by atoms with Gasteiger partial charge >= 0.3 is 5.97 Å². The summed E-state index contributed by atoms with van der Waals surface area (Å²) in [6, 6.07) is 19.8. The molecule has 4 nitrogen and oxygen atoms in total. The molecule has 1 heterocycles. The predicted molar refractivity (Wildman–Crippen MR) is 108 cm³/mol. The minimum absolute atomic E-state index is 0.113. The highest BCUT2D eigenvalue weighted by Gasteiger charge is 2.33. The van der Waals surface area contributed by atoms with Crippen molar-refractivity contribution >= 4 is 23.5 Å². The fourth-order valence-electron chi connectivity index (χ4n) is 3.50. The third-order valence-electron chi connectivity index (χ3n) is 4.92. The Balaban J connectivity index is 1.81. The Morgan fingerprint density at radius 3 is 2.43 bits per heavy atom. The van der Waals surface area contributed by atoms with Gasteiger partial charge in [-0.15, -0.1) is 11.8 Å². The maximum Gasteiger partial charge on any atom is 0.312 e. The molecule has 0 unspecified atom stereocenters. The molecule has 3 aromatic rings. The normalized spacial score (nSPS) is 15.6. The van der Waals surface area contributed by atoms with E-state index in [9.17, 15) is 14.7 Å². The average Bonchev–Trinajstić information content (AvgIpc) is 2.73. The molecule has 1 N–H and O–H groups in total. The maximum absolute atomic E-state index is 12.9. The largest absolute Gasteiger partial charge is 0.507 e. The molecule has 1 atom stereocenters. The van der Waals surface area contributed by atoms with Crippen LogP contribution in [-0.4, -0.2) is 23.1 Å². The highest BCUT2D eigenvalue weighted by molar-refractivity contribution is 7.98. The molecule has 1 aliphatic heterocycles. The van der Waals surface area contributed by atoms with E-state index >= 15 is 0 Å². The van der Waals surface area contributed by atoms with Crippen LogP contribution in [0.15, 0.2) is 71.6 Å². The topological polar surface area (TPSA) is 63.6 Å². The van der Waals surface area contributed by atoms with Gasteiger partial charge in [-0.2, -0.15) is 0 Å². The Bertz CT molecular complexity index is 1040. The molecule has 140 valence electrons. The summed E-state index contributed by atoms with van der Waals surface area (Å²) in [4.78, 5) is 26.1. The first kappa shape index (κ1) is 18.3. The smallest absolute Gasteiger partial charge is 0.312 e. The SMILES string of the molecule is CSc1ccc([C@H]2CC(=O)Oc3ccc(C(=O)c4ccccc4)c(O)c32)cc1. The number of rotatable bonds is 4. The van der Waals surface area contributed by atoms with E-state index in [1.807, 2.05) is 36.6 Å². The number of thioether (sulfide) groups is 1. The van der Waals surface area contributed by atoms with Gasteiger partial charge < -0.3 is 9.84 Å². The van der Waals surface area contributed by atoms with Crippen LogP contribution in [0.2, 0.25) is 0 Å². The molecule has 4 rings (SSSR count). The van der Waals surface area contributed by atoms with Crippen LogP contribution in [0.25, 0.3) is 0 Å². The summed E-state index contributed by atoms with van der Waals surface area (Å²) >= 11 is 1.63. The minimum atomic E-state index is -0.365. The highest BCUT2D eigenvalue weighted by Crippen LogP contribution is 2.45. The fourth-order valence-corrected chi connectivity index (χ4v) is 3.91. The molecule has 0 saturated carbocycles. The number of hydrogen-bond donors (Lipinski definition) is 1. The van der Waals surface area contributed by atoms with E-state index in [-0.39, 0.29) is 35.4 Å².